The van der Waals surface area contributed by atoms with Gasteiger partial charge in [0.25, 0.3) is 0 Å². The van der Waals surface area contributed by atoms with E-state index in [-0.39, 0.29) is 6.04 Å². The van der Waals surface area contributed by atoms with Crippen LogP contribution in [0.1, 0.15) is 6.42 Å². The Labute approximate surface area is 115 Å². The maximum Gasteiger partial charge on any atom is 0.0969 e. The Morgan fingerprint density at radius 2 is 2.35 bits per heavy atom. The summed E-state index contributed by atoms with van der Waals surface area (Å²) in [4.78, 5) is 4.35. The molecule has 0 amide bonds. The molecule has 0 unspecified atom stereocenters. The lowest BCUT2D eigenvalue weighted by Gasteiger charge is -2.21. The van der Waals surface area contributed by atoms with E-state index in [0.29, 0.717) is 23.4 Å². The highest BCUT2D eigenvalue weighted by molar-refractivity contribution is 14.1. The molecule has 0 radical (unpaired) electrons. The van der Waals surface area contributed by atoms with Crippen molar-refractivity contribution in [2.75, 3.05) is 20.3 Å². The van der Waals surface area contributed by atoms with Crippen molar-refractivity contribution in [1.82, 2.24) is 5.32 Å². The van der Waals surface area contributed by atoms with Crippen LogP contribution in [0, 0.1) is 5.41 Å². The molecule has 17 heavy (non-hydrogen) atoms. The van der Waals surface area contributed by atoms with Gasteiger partial charge in [0.1, 0.15) is 0 Å². The number of nitrogens with zero attached hydrogens (tertiary/aromatic N) is 1. The van der Waals surface area contributed by atoms with Crippen LogP contribution in [-0.2, 0) is 4.74 Å². The van der Waals surface area contributed by atoms with E-state index in [1.165, 1.54) is 6.20 Å². The lowest BCUT2D eigenvalue weighted by Crippen LogP contribution is -2.31. The maximum absolute atomic E-state index is 7.63. The molecule has 5 nitrogen and oxygen atoms in total. The fourth-order valence-corrected chi connectivity index (χ4v) is 1.59. The molecule has 1 saturated heterocycles. The molecule has 0 atom stereocenters. The van der Waals surface area contributed by atoms with Crippen LogP contribution in [0.25, 0.3) is 0 Å². The van der Waals surface area contributed by atoms with Gasteiger partial charge in [-0.1, -0.05) is 0 Å². The average Bonchev–Trinajstić information content (AvgIpc) is 2.24. The largest absolute Gasteiger partial charge is 0.404 e. The molecular formula is C11H17IN4O. The van der Waals surface area contributed by atoms with Crippen LogP contribution in [0.5, 0.6) is 0 Å². The van der Waals surface area contributed by atoms with Crippen molar-refractivity contribution in [3.63, 3.8) is 0 Å². The zero-order chi connectivity index (χ0) is 12.7. The molecule has 1 rings (SSSR count). The Morgan fingerprint density at radius 1 is 1.65 bits per heavy atom. The lowest BCUT2D eigenvalue weighted by atomic mass is 10.1. The predicted molar refractivity (Wildman–Crippen MR) is 78.9 cm³/mol. The van der Waals surface area contributed by atoms with Gasteiger partial charge < -0.3 is 15.8 Å². The molecular weight excluding hydrogens is 331 g/mol. The Hall–Kier alpha value is -0.890. The van der Waals surface area contributed by atoms with Crippen molar-refractivity contribution < 1.29 is 4.74 Å². The topological polar surface area (TPSA) is 83.5 Å². The SMILES string of the molecule is CN/C=C(/CC(C=NC1COC1)=CN)C(=N)I. The van der Waals surface area contributed by atoms with Gasteiger partial charge >= 0.3 is 0 Å². The summed E-state index contributed by atoms with van der Waals surface area (Å²) >= 11 is 1.98. The highest BCUT2D eigenvalue weighted by Gasteiger charge is 2.15. The van der Waals surface area contributed by atoms with Crippen molar-refractivity contribution >= 4 is 32.5 Å². The highest BCUT2D eigenvalue weighted by Crippen LogP contribution is 2.14. The van der Waals surface area contributed by atoms with Crippen LogP contribution >= 0.6 is 22.6 Å². The molecule has 1 fully saturated rings. The molecule has 1 aliphatic rings. The second-order valence-corrected chi connectivity index (χ2v) is 4.74. The van der Waals surface area contributed by atoms with Crippen LogP contribution in [0.2, 0.25) is 0 Å². The molecule has 0 saturated carbocycles. The van der Waals surface area contributed by atoms with Crippen LogP contribution < -0.4 is 11.1 Å². The summed E-state index contributed by atoms with van der Waals surface area (Å²) in [6.45, 7) is 1.38. The number of nitrogens with one attached hydrogen (secondary N) is 2. The second kappa shape index (κ2) is 7.44. The molecule has 4 N–H and O–H groups in total. The van der Waals surface area contributed by atoms with Crippen LogP contribution in [0.15, 0.2) is 28.5 Å². The highest BCUT2D eigenvalue weighted by atomic mass is 127. The van der Waals surface area contributed by atoms with E-state index >= 15 is 0 Å². The van der Waals surface area contributed by atoms with E-state index in [1.807, 2.05) is 29.6 Å². The molecule has 0 spiro atoms. The molecule has 94 valence electrons. The predicted octanol–water partition coefficient (Wildman–Crippen LogP) is 1.20. The monoisotopic (exact) mass is 348 g/mol. The molecule has 1 aliphatic heterocycles. The average molecular weight is 348 g/mol. The minimum absolute atomic E-state index is 0.265. The minimum Gasteiger partial charge on any atom is -0.404 e. The van der Waals surface area contributed by atoms with Gasteiger partial charge in [-0.15, -0.1) is 0 Å². The first kappa shape index (κ1) is 14.2. The normalized spacial score (nSPS) is 18.2. The third-order valence-electron chi connectivity index (χ3n) is 2.28. The lowest BCUT2D eigenvalue weighted by molar-refractivity contribution is 0.0135. The Morgan fingerprint density at radius 3 is 2.76 bits per heavy atom. The van der Waals surface area contributed by atoms with Crippen molar-refractivity contribution in [3.8, 4) is 0 Å². The van der Waals surface area contributed by atoms with Crippen LogP contribution in [-0.4, -0.2) is 36.2 Å². The van der Waals surface area contributed by atoms with Crippen molar-refractivity contribution in [3.05, 3.63) is 23.5 Å². The van der Waals surface area contributed by atoms with E-state index in [2.05, 4.69) is 10.3 Å². The molecule has 0 aromatic rings. The second-order valence-electron chi connectivity index (χ2n) is 3.66. The summed E-state index contributed by atoms with van der Waals surface area (Å²) in [6, 6.07) is 0.265. The quantitative estimate of drug-likeness (QED) is 0.498. The third kappa shape index (κ3) is 4.86. The Balaban J connectivity index is 2.58. The Bertz CT molecular complexity index is 358. The fraction of sp³-hybridized carbons (Fsp3) is 0.455. The molecule has 0 aliphatic carbocycles. The van der Waals surface area contributed by atoms with E-state index in [1.54, 1.807) is 12.4 Å². The fourth-order valence-electron chi connectivity index (χ4n) is 1.24. The van der Waals surface area contributed by atoms with Gasteiger partial charge in [-0.25, -0.2) is 0 Å². The number of rotatable bonds is 6. The first-order valence-electron chi connectivity index (χ1n) is 5.29. The summed E-state index contributed by atoms with van der Waals surface area (Å²) in [5.74, 6) is 0. The van der Waals surface area contributed by atoms with Crippen LogP contribution in [0.3, 0.4) is 0 Å². The summed E-state index contributed by atoms with van der Waals surface area (Å²) in [7, 11) is 1.81. The van der Waals surface area contributed by atoms with Gasteiger partial charge in [0.2, 0.25) is 0 Å². The van der Waals surface area contributed by atoms with Gasteiger partial charge in [0.05, 0.1) is 23.0 Å². The molecule has 0 bridgehead atoms. The first-order valence-corrected chi connectivity index (χ1v) is 6.37. The zero-order valence-electron chi connectivity index (χ0n) is 9.74. The zero-order valence-corrected chi connectivity index (χ0v) is 11.9. The maximum atomic E-state index is 7.63. The van der Waals surface area contributed by atoms with E-state index in [0.717, 1.165) is 11.1 Å². The number of hydrogen-bond acceptors (Lipinski definition) is 5. The number of aliphatic imine (C=N–C) groups is 1. The van der Waals surface area contributed by atoms with Gasteiger partial charge in [-0.2, -0.15) is 0 Å². The number of allylic oxidation sites excluding steroid dienone is 2. The van der Waals surface area contributed by atoms with Crippen molar-refractivity contribution in [2.24, 2.45) is 10.7 Å². The molecule has 0 aromatic carbocycles. The smallest absolute Gasteiger partial charge is 0.0969 e. The minimum atomic E-state index is 0.265. The summed E-state index contributed by atoms with van der Waals surface area (Å²) in [5, 5.41) is 10.6. The number of halogens is 1. The number of nitrogens with two attached hydrogens (primary N) is 1. The molecule has 1 heterocycles. The number of ether oxygens (including phenoxy) is 1. The summed E-state index contributed by atoms with van der Waals surface area (Å²) in [5.41, 5.74) is 7.35. The number of hydrogen-bond donors (Lipinski definition) is 3. The van der Waals surface area contributed by atoms with Gasteiger partial charge in [0.15, 0.2) is 0 Å². The van der Waals surface area contributed by atoms with E-state index in [4.69, 9.17) is 15.9 Å². The van der Waals surface area contributed by atoms with E-state index in [9.17, 15) is 0 Å². The van der Waals surface area contributed by atoms with E-state index < -0.39 is 0 Å². The van der Waals surface area contributed by atoms with Crippen LogP contribution in [0.4, 0.5) is 0 Å². The summed E-state index contributed by atoms with van der Waals surface area (Å²) in [6.07, 6.45) is 5.72. The Kier molecular flexibility index (Phi) is 6.20. The first-order chi connectivity index (χ1) is 8.17. The third-order valence-corrected chi connectivity index (χ3v) is 2.97. The van der Waals surface area contributed by atoms with Gasteiger partial charge in [-0.05, 0) is 34.4 Å². The summed E-state index contributed by atoms with van der Waals surface area (Å²) < 4.78 is 5.53. The van der Waals surface area contributed by atoms with Crippen molar-refractivity contribution in [2.45, 2.75) is 12.5 Å². The van der Waals surface area contributed by atoms with Gasteiger partial charge in [0, 0.05) is 31.5 Å². The molecule has 6 heteroatoms. The van der Waals surface area contributed by atoms with Gasteiger partial charge in [-0.3, -0.25) is 10.4 Å². The molecule has 0 aromatic heterocycles. The standard InChI is InChI=1S/C11H17IN4O/c1-15-5-9(11(12)14)2-8(3-13)4-16-10-6-17-7-10/h3-5,10,14-15H,2,6-7,13H2,1H3/b8-3?,9-5-,14-11?,16-4?. The van der Waals surface area contributed by atoms with Crippen molar-refractivity contribution in [1.29, 1.82) is 5.41 Å².